The highest BCUT2D eigenvalue weighted by Gasteiger charge is 2.37. The van der Waals surface area contributed by atoms with Crippen molar-refractivity contribution in [1.29, 1.82) is 0 Å². The summed E-state index contributed by atoms with van der Waals surface area (Å²) in [5.41, 5.74) is 3.43. The van der Waals surface area contributed by atoms with Gasteiger partial charge in [-0.3, -0.25) is 4.79 Å². The molecule has 6 nitrogen and oxygen atoms in total. The molecule has 2 aromatic carbocycles. The summed E-state index contributed by atoms with van der Waals surface area (Å²) in [5.74, 6) is 0.218. The Morgan fingerprint density at radius 2 is 2.13 bits per heavy atom. The average Bonchev–Trinajstić information content (AvgIpc) is 2.90. The second kappa shape index (κ2) is 5.08. The average molecular weight is 309 g/mol. The van der Waals surface area contributed by atoms with Gasteiger partial charge in [-0.25, -0.2) is 0 Å². The molecular weight excluding hydrogens is 294 g/mol. The zero-order valence-electron chi connectivity index (χ0n) is 12.6. The molecule has 1 atom stereocenters. The molecule has 0 saturated carbocycles. The Labute approximate surface area is 133 Å². The Bertz CT molecular complexity index is 819. The fourth-order valence-corrected chi connectivity index (χ4v) is 3.38. The van der Waals surface area contributed by atoms with Crippen LogP contribution in [0.4, 0.5) is 17.1 Å². The number of amides is 1. The largest absolute Gasteiger partial charge is 0.494 e. The lowest BCUT2D eigenvalue weighted by Gasteiger charge is -2.22. The minimum atomic E-state index is -0.0873. The molecule has 6 heteroatoms. The lowest BCUT2D eigenvalue weighted by atomic mass is 10.1. The number of nitrogens with zero attached hydrogens (tertiary/aromatic N) is 2. The Hall–Kier alpha value is -2.89. The number of rotatable bonds is 2. The maximum absolute atomic E-state index is 13.1. The quantitative estimate of drug-likeness (QED) is 0.865. The van der Waals surface area contributed by atoms with Gasteiger partial charge in [0.05, 0.1) is 18.7 Å². The maximum atomic E-state index is 13.1. The first-order chi connectivity index (χ1) is 11.2. The van der Waals surface area contributed by atoms with E-state index in [0.717, 1.165) is 12.1 Å². The molecular formula is C17H15N3O3. The van der Waals surface area contributed by atoms with Crippen molar-refractivity contribution in [2.45, 2.75) is 12.5 Å². The van der Waals surface area contributed by atoms with Gasteiger partial charge in [-0.05, 0) is 35.4 Å². The molecule has 2 aliphatic rings. The number of para-hydroxylation sites is 1. The minimum absolute atomic E-state index is 0.0611. The lowest BCUT2D eigenvalue weighted by molar-refractivity contribution is 0.0983. The predicted molar refractivity (Wildman–Crippen MR) is 87.7 cm³/mol. The SMILES string of the molecule is COc1cc2c(cc1N=O)NC[C@@H]1Cc3ccccc3N1C2=O. The van der Waals surface area contributed by atoms with E-state index in [1.807, 2.05) is 23.1 Å². The third-order valence-electron chi connectivity index (χ3n) is 4.47. The first-order valence-corrected chi connectivity index (χ1v) is 7.43. The molecule has 2 aliphatic heterocycles. The highest BCUT2D eigenvalue weighted by atomic mass is 16.5. The second-order valence-corrected chi connectivity index (χ2v) is 5.70. The van der Waals surface area contributed by atoms with Gasteiger partial charge in [0.2, 0.25) is 0 Å². The second-order valence-electron chi connectivity index (χ2n) is 5.70. The summed E-state index contributed by atoms with van der Waals surface area (Å²) in [7, 11) is 1.46. The Kier molecular flexibility index (Phi) is 3.04. The van der Waals surface area contributed by atoms with E-state index in [9.17, 15) is 9.70 Å². The van der Waals surface area contributed by atoms with Crippen LogP contribution in [0.1, 0.15) is 15.9 Å². The Morgan fingerprint density at radius 3 is 2.91 bits per heavy atom. The molecule has 0 radical (unpaired) electrons. The molecule has 0 aliphatic carbocycles. The molecule has 1 N–H and O–H groups in total. The van der Waals surface area contributed by atoms with Gasteiger partial charge in [-0.1, -0.05) is 18.2 Å². The van der Waals surface area contributed by atoms with E-state index in [1.54, 1.807) is 12.1 Å². The first-order valence-electron chi connectivity index (χ1n) is 7.43. The number of benzene rings is 2. The molecule has 0 unspecified atom stereocenters. The van der Waals surface area contributed by atoms with Crippen LogP contribution in [0.25, 0.3) is 0 Å². The third kappa shape index (κ3) is 1.98. The first kappa shape index (κ1) is 13.8. The Morgan fingerprint density at radius 1 is 1.30 bits per heavy atom. The molecule has 0 aromatic heterocycles. The number of hydrogen-bond donors (Lipinski definition) is 1. The summed E-state index contributed by atoms with van der Waals surface area (Å²) < 4.78 is 5.18. The van der Waals surface area contributed by atoms with Crippen molar-refractivity contribution in [3.8, 4) is 5.75 Å². The molecule has 0 bridgehead atoms. The number of nitrogens with one attached hydrogen (secondary N) is 1. The number of carbonyl (C=O) groups is 1. The van der Waals surface area contributed by atoms with Crippen LogP contribution in [0, 0.1) is 4.91 Å². The van der Waals surface area contributed by atoms with E-state index in [1.165, 1.54) is 12.7 Å². The number of fused-ring (bicyclic) bond motifs is 4. The number of hydrogen-bond acceptors (Lipinski definition) is 5. The lowest BCUT2D eigenvalue weighted by Crippen LogP contribution is -2.39. The van der Waals surface area contributed by atoms with E-state index < -0.39 is 0 Å². The van der Waals surface area contributed by atoms with Crippen LogP contribution >= 0.6 is 0 Å². The molecule has 2 aromatic rings. The van der Waals surface area contributed by atoms with E-state index in [0.29, 0.717) is 23.5 Å². The van der Waals surface area contributed by atoms with Crippen LogP contribution in [0.3, 0.4) is 0 Å². The molecule has 23 heavy (non-hydrogen) atoms. The van der Waals surface area contributed by atoms with E-state index >= 15 is 0 Å². The summed E-state index contributed by atoms with van der Waals surface area (Å²) in [6, 6.07) is 11.2. The topological polar surface area (TPSA) is 71.0 Å². The van der Waals surface area contributed by atoms with Gasteiger partial charge in [-0.15, -0.1) is 4.91 Å². The predicted octanol–water partition coefficient (Wildman–Crippen LogP) is 3.09. The molecule has 1 amide bonds. The van der Waals surface area contributed by atoms with Crippen molar-refractivity contribution < 1.29 is 9.53 Å². The van der Waals surface area contributed by atoms with Crippen LogP contribution in [0.15, 0.2) is 41.6 Å². The number of ether oxygens (including phenoxy) is 1. The van der Waals surface area contributed by atoms with Gasteiger partial charge in [0.15, 0.2) is 5.69 Å². The molecule has 116 valence electrons. The van der Waals surface area contributed by atoms with Crippen molar-refractivity contribution in [2.24, 2.45) is 5.18 Å². The summed E-state index contributed by atoms with van der Waals surface area (Å²) >= 11 is 0. The van der Waals surface area contributed by atoms with Crippen molar-refractivity contribution in [3.05, 3.63) is 52.4 Å². The van der Waals surface area contributed by atoms with Gasteiger partial charge in [0.1, 0.15) is 5.75 Å². The molecule has 2 heterocycles. The number of methoxy groups -OCH3 is 1. The van der Waals surface area contributed by atoms with E-state index in [-0.39, 0.29) is 17.6 Å². The number of carbonyl (C=O) groups excluding carboxylic acids is 1. The van der Waals surface area contributed by atoms with Gasteiger partial charge < -0.3 is 15.0 Å². The van der Waals surface area contributed by atoms with Crippen LogP contribution in [0.5, 0.6) is 5.75 Å². The molecule has 0 saturated heterocycles. The minimum Gasteiger partial charge on any atom is -0.494 e. The van der Waals surface area contributed by atoms with Crippen molar-refractivity contribution >= 4 is 23.0 Å². The maximum Gasteiger partial charge on any atom is 0.260 e. The highest BCUT2D eigenvalue weighted by Crippen LogP contribution is 2.40. The standard InChI is InChI=1S/C17H15N3O3/c1-23-16-7-12-13(8-14(16)19-22)18-9-11-6-10-4-2-3-5-15(10)20(11)17(12)21/h2-5,7-8,11,18H,6,9H2,1H3/t11-/m0/s1. The highest BCUT2D eigenvalue weighted by molar-refractivity contribution is 6.12. The summed E-state index contributed by atoms with van der Waals surface area (Å²) in [4.78, 5) is 25.9. The monoisotopic (exact) mass is 309 g/mol. The zero-order valence-corrected chi connectivity index (χ0v) is 12.6. The molecule has 0 fully saturated rings. The van der Waals surface area contributed by atoms with Gasteiger partial charge in [0, 0.05) is 17.9 Å². The number of anilines is 2. The molecule has 0 spiro atoms. The normalized spacial score (nSPS) is 18.4. The van der Waals surface area contributed by atoms with Gasteiger partial charge in [-0.2, -0.15) is 0 Å². The van der Waals surface area contributed by atoms with Gasteiger partial charge >= 0.3 is 0 Å². The molecule has 4 rings (SSSR count). The van der Waals surface area contributed by atoms with E-state index in [2.05, 4.69) is 16.6 Å². The third-order valence-corrected chi connectivity index (χ3v) is 4.47. The summed E-state index contributed by atoms with van der Waals surface area (Å²) in [5, 5.41) is 6.24. The van der Waals surface area contributed by atoms with Crippen molar-refractivity contribution in [2.75, 3.05) is 23.9 Å². The zero-order chi connectivity index (χ0) is 16.0. The fourth-order valence-electron chi connectivity index (χ4n) is 3.38. The number of nitroso groups, excluding NO2 is 1. The van der Waals surface area contributed by atoms with Crippen LogP contribution in [-0.2, 0) is 6.42 Å². The summed E-state index contributed by atoms with van der Waals surface area (Å²) in [6.45, 7) is 0.623. The smallest absolute Gasteiger partial charge is 0.260 e. The summed E-state index contributed by atoms with van der Waals surface area (Å²) in [6.07, 6.45) is 0.818. The van der Waals surface area contributed by atoms with E-state index in [4.69, 9.17) is 4.74 Å². The van der Waals surface area contributed by atoms with Gasteiger partial charge in [0.25, 0.3) is 5.91 Å². The van der Waals surface area contributed by atoms with Crippen LogP contribution in [0.2, 0.25) is 0 Å². The Balaban J connectivity index is 1.85. The fraction of sp³-hybridized carbons (Fsp3) is 0.235. The van der Waals surface area contributed by atoms with Crippen LogP contribution in [-0.4, -0.2) is 25.6 Å². The van der Waals surface area contributed by atoms with Crippen molar-refractivity contribution in [1.82, 2.24) is 0 Å². The van der Waals surface area contributed by atoms with Crippen molar-refractivity contribution in [3.63, 3.8) is 0 Å². The van der Waals surface area contributed by atoms with Crippen LogP contribution < -0.4 is 15.0 Å².